The van der Waals surface area contributed by atoms with Crippen molar-refractivity contribution in [3.8, 4) is 17.6 Å². The van der Waals surface area contributed by atoms with Gasteiger partial charge in [-0.1, -0.05) is 24.3 Å². The normalized spacial score (nSPS) is 10.9. The first-order valence-corrected chi connectivity index (χ1v) is 10.8. The van der Waals surface area contributed by atoms with Crippen LogP contribution in [-0.4, -0.2) is 24.1 Å². The van der Waals surface area contributed by atoms with Crippen molar-refractivity contribution in [2.45, 2.75) is 6.42 Å². The number of nitrogens with zero attached hydrogens (tertiary/aromatic N) is 2. The summed E-state index contributed by atoms with van der Waals surface area (Å²) in [6.45, 7) is 1.06. The van der Waals surface area contributed by atoms with Gasteiger partial charge in [-0.25, -0.2) is 4.98 Å². The molecule has 0 fully saturated rings. The molecule has 2 aromatic carbocycles. The van der Waals surface area contributed by atoms with Crippen molar-refractivity contribution in [2.24, 2.45) is 0 Å². The van der Waals surface area contributed by atoms with Crippen LogP contribution in [-0.2, 0) is 4.79 Å². The lowest BCUT2D eigenvalue weighted by Gasteiger charge is -2.10. The number of aromatic nitrogens is 1. The van der Waals surface area contributed by atoms with Gasteiger partial charge in [0.15, 0.2) is 5.13 Å². The Morgan fingerprint density at radius 2 is 2.00 bits per heavy atom. The highest BCUT2D eigenvalue weighted by molar-refractivity contribution is 9.10. The van der Waals surface area contributed by atoms with Gasteiger partial charge in [-0.3, -0.25) is 10.1 Å². The lowest BCUT2D eigenvalue weighted by molar-refractivity contribution is -0.112. The average molecular weight is 484 g/mol. The zero-order chi connectivity index (χ0) is 21.2. The average Bonchev–Trinajstić information content (AvgIpc) is 3.26. The van der Waals surface area contributed by atoms with Gasteiger partial charge in [0.2, 0.25) is 0 Å². The highest BCUT2D eigenvalue weighted by Gasteiger charge is 2.11. The third-order valence-electron chi connectivity index (χ3n) is 3.84. The number of thiazole rings is 1. The van der Waals surface area contributed by atoms with E-state index in [1.807, 2.05) is 36.4 Å². The number of carbonyl (C=O) groups is 1. The second-order valence-corrected chi connectivity index (χ2v) is 7.76. The van der Waals surface area contributed by atoms with Crippen LogP contribution >= 0.6 is 27.3 Å². The van der Waals surface area contributed by atoms with E-state index in [1.165, 1.54) is 17.4 Å². The second kappa shape index (κ2) is 11.1. The van der Waals surface area contributed by atoms with Crippen molar-refractivity contribution in [3.63, 3.8) is 0 Å². The number of anilines is 1. The molecule has 152 valence electrons. The number of nitriles is 1. The van der Waals surface area contributed by atoms with E-state index in [4.69, 9.17) is 9.47 Å². The summed E-state index contributed by atoms with van der Waals surface area (Å²) in [6.07, 6.45) is 3.84. The number of para-hydroxylation sites is 1. The van der Waals surface area contributed by atoms with Gasteiger partial charge in [0.25, 0.3) is 5.91 Å². The summed E-state index contributed by atoms with van der Waals surface area (Å²) < 4.78 is 12.2. The van der Waals surface area contributed by atoms with Gasteiger partial charge in [-0.15, -0.1) is 11.3 Å². The Morgan fingerprint density at radius 1 is 1.20 bits per heavy atom. The van der Waals surface area contributed by atoms with Crippen LogP contribution in [0.15, 0.2) is 70.2 Å². The fourth-order valence-electron chi connectivity index (χ4n) is 2.44. The number of ether oxygens (including phenoxy) is 2. The van der Waals surface area contributed by atoms with Gasteiger partial charge in [0.05, 0.1) is 17.7 Å². The molecule has 0 spiro atoms. The predicted molar refractivity (Wildman–Crippen MR) is 121 cm³/mol. The number of benzene rings is 2. The summed E-state index contributed by atoms with van der Waals surface area (Å²) in [5.41, 5.74) is 0.691. The quantitative estimate of drug-likeness (QED) is 0.253. The number of hydrogen-bond donors (Lipinski definition) is 1. The van der Waals surface area contributed by atoms with Crippen LogP contribution in [0, 0.1) is 11.3 Å². The van der Waals surface area contributed by atoms with E-state index in [0.29, 0.717) is 29.7 Å². The van der Waals surface area contributed by atoms with Gasteiger partial charge >= 0.3 is 0 Å². The van der Waals surface area contributed by atoms with E-state index in [1.54, 1.807) is 29.8 Å². The van der Waals surface area contributed by atoms with Crippen molar-refractivity contribution < 1.29 is 14.3 Å². The number of rotatable bonds is 9. The fraction of sp³-hybridized carbons (Fsp3) is 0.136. The number of carbonyl (C=O) groups excluding carboxylic acids is 1. The number of amides is 1. The van der Waals surface area contributed by atoms with Crippen LogP contribution < -0.4 is 14.8 Å². The standard InChI is InChI=1S/C22H18BrN3O3S/c23-19-14-16(13-17(15-24)21(27)26-22-25-9-12-30-22)7-8-20(19)29-11-4-10-28-18-5-2-1-3-6-18/h1-3,5-9,12-14H,4,10-11H2,(H,25,26,27)/b17-13-. The largest absolute Gasteiger partial charge is 0.493 e. The molecule has 3 aromatic rings. The van der Waals surface area contributed by atoms with Crippen LogP contribution in [0.1, 0.15) is 12.0 Å². The smallest absolute Gasteiger partial charge is 0.268 e. The van der Waals surface area contributed by atoms with Crippen molar-refractivity contribution >= 4 is 44.4 Å². The van der Waals surface area contributed by atoms with E-state index in [2.05, 4.69) is 26.2 Å². The van der Waals surface area contributed by atoms with E-state index in [0.717, 1.165) is 16.6 Å². The van der Waals surface area contributed by atoms with Gasteiger partial charge in [0, 0.05) is 18.0 Å². The first-order chi connectivity index (χ1) is 14.7. The summed E-state index contributed by atoms with van der Waals surface area (Å²) in [5.74, 6) is 1.02. The minimum Gasteiger partial charge on any atom is -0.493 e. The van der Waals surface area contributed by atoms with Crippen LogP contribution in [0.3, 0.4) is 0 Å². The molecule has 1 N–H and O–H groups in total. The molecule has 30 heavy (non-hydrogen) atoms. The van der Waals surface area contributed by atoms with E-state index < -0.39 is 5.91 Å². The topological polar surface area (TPSA) is 84.2 Å². The molecule has 0 aliphatic carbocycles. The van der Waals surface area contributed by atoms with Crippen LogP contribution in [0.2, 0.25) is 0 Å². The predicted octanol–water partition coefficient (Wildman–Crippen LogP) is 5.30. The van der Waals surface area contributed by atoms with Crippen molar-refractivity contribution in [1.82, 2.24) is 4.98 Å². The lowest BCUT2D eigenvalue weighted by atomic mass is 10.1. The number of nitrogens with one attached hydrogen (secondary N) is 1. The molecular formula is C22H18BrN3O3S. The molecular weight excluding hydrogens is 466 g/mol. The lowest BCUT2D eigenvalue weighted by Crippen LogP contribution is -2.13. The van der Waals surface area contributed by atoms with E-state index in [-0.39, 0.29) is 5.57 Å². The molecule has 0 atom stereocenters. The third kappa shape index (κ3) is 6.44. The van der Waals surface area contributed by atoms with Crippen LogP contribution in [0.5, 0.6) is 11.5 Å². The molecule has 0 radical (unpaired) electrons. The zero-order valence-corrected chi connectivity index (χ0v) is 18.3. The maximum absolute atomic E-state index is 12.2. The minimum absolute atomic E-state index is 0.0103. The first kappa shape index (κ1) is 21.6. The molecule has 0 saturated heterocycles. The van der Waals surface area contributed by atoms with Crippen LogP contribution in [0.4, 0.5) is 5.13 Å². The van der Waals surface area contributed by atoms with Gasteiger partial charge < -0.3 is 9.47 Å². The monoisotopic (exact) mass is 483 g/mol. The summed E-state index contributed by atoms with van der Waals surface area (Å²) in [4.78, 5) is 16.2. The molecule has 0 aliphatic rings. The van der Waals surface area contributed by atoms with Crippen molar-refractivity contribution in [2.75, 3.05) is 18.5 Å². The SMILES string of the molecule is N#C/C(=C/c1ccc(OCCCOc2ccccc2)c(Br)c1)C(=O)Nc1nccs1. The van der Waals surface area contributed by atoms with E-state index in [9.17, 15) is 10.1 Å². The summed E-state index contributed by atoms with van der Waals surface area (Å²) in [6, 6.07) is 16.9. The molecule has 1 amide bonds. The van der Waals surface area contributed by atoms with Gasteiger partial charge in [0.1, 0.15) is 23.1 Å². The molecule has 0 saturated carbocycles. The molecule has 1 aromatic heterocycles. The highest BCUT2D eigenvalue weighted by Crippen LogP contribution is 2.27. The number of hydrogen-bond acceptors (Lipinski definition) is 6. The van der Waals surface area contributed by atoms with Crippen molar-refractivity contribution in [1.29, 1.82) is 5.26 Å². The third-order valence-corrected chi connectivity index (χ3v) is 5.15. The Morgan fingerprint density at radius 3 is 2.70 bits per heavy atom. The first-order valence-electron chi connectivity index (χ1n) is 9.08. The summed E-state index contributed by atoms with van der Waals surface area (Å²) >= 11 is 4.76. The highest BCUT2D eigenvalue weighted by atomic mass is 79.9. The molecule has 0 bridgehead atoms. The van der Waals surface area contributed by atoms with Gasteiger partial charge in [-0.2, -0.15) is 5.26 Å². The molecule has 0 aliphatic heterocycles. The Labute approximate surface area is 186 Å². The maximum atomic E-state index is 12.2. The molecule has 8 heteroatoms. The number of halogens is 1. The van der Waals surface area contributed by atoms with Gasteiger partial charge in [-0.05, 0) is 51.8 Å². The Hall–Kier alpha value is -3.15. The molecule has 3 rings (SSSR count). The zero-order valence-electron chi connectivity index (χ0n) is 15.9. The Kier molecular flexibility index (Phi) is 8.01. The molecule has 0 unspecified atom stereocenters. The fourth-order valence-corrected chi connectivity index (χ4v) is 3.47. The molecule has 1 heterocycles. The summed E-state index contributed by atoms with van der Waals surface area (Å²) in [7, 11) is 0. The van der Waals surface area contributed by atoms with Crippen LogP contribution in [0.25, 0.3) is 6.08 Å². The second-order valence-electron chi connectivity index (χ2n) is 6.01. The maximum Gasteiger partial charge on any atom is 0.268 e. The van der Waals surface area contributed by atoms with Crippen molar-refractivity contribution in [3.05, 3.63) is 75.7 Å². The summed E-state index contributed by atoms with van der Waals surface area (Å²) in [5, 5.41) is 14.1. The molecule has 6 nitrogen and oxygen atoms in total. The van der Waals surface area contributed by atoms with E-state index >= 15 is 0 Å². The minimum atomic E-state index is -0.498. The Balaban J connectivity index is 1.52. The Bertz CT molecular complexity index is 1050.